The summed E-state index contributed by atoms with van der Waals surface area (Å²) in [5.74, 6) is 0.727. The molecule has 0 aliphatic carbocycles. The first-order valence-corrected chi connectivity index (χ1v) is 7.61. The molecule has 0 spiro atoms. The van der Waals surface area contributed by atoms with E-state index in [0.29, 0.717) is 28.8 Å². The van der Waals surface area contributed by atoms with Crippen LogP contribution in [0.3, 0.4) is 0 Å². The van der Waals surface area contributed by atoms with Gasteiger partial charge in [-0.2, -0.15) is 0 Å². The predicted octanol–water partition coefficient (Wildman–Crippen LogP) is 3.74. The highest BCUT2D eigenvalue weighted by Gasteiger charge is 2.18. The Kier molecular flexibility index (Phi) is 4.94. The summed E-state index contributed by atoms with van der Waals surface area (Å²) in [6.45, 7) is 5.62. The summed E-state index contributed by atoms with van der Waals surface area (Å²) in [4.78, 5) is 12.5. The quantitative estimate of drug-likeness (QED) is 0.507. The van der Waals surface area contributed by atoms with E-state index in [4.69, 9.17) is 4.42 Å². The number of hydrogen-bond donors (Lipinski definition) is 0. The SMILES string of the molecule is C=NC(=CC=CC)c1nc(-c2ncco2)n(Cc2ccccc2F)n1. The molecule has 3 aromatic rings. The van der Waals surface area contributed by atoms with Crippen molar-refractivity contribution in [3.05, 3.63) is 72.2 Å². The lowest BCUT2D eigenvalue weighted by atomic mass is 10.2. The first-order chi connectivity index (χ1) is 12.2. The van der Waals surface area contributed by atoms with E-state index in [2.05, 4.69) is 26.8 Å². The van der Waals surface area contributed by atoms with Gasteiger partial charge in [0.1, 0.15) is 17.8 Å². The van der Waals surface area contributed by atoms with Crippen LogP contribution in [0.2, 0.25) is 0 Å². The van der Waals surface area contributed by atoms with E-state index in [0.717, 1.165) is 0 Å². The molecule has 1 aromatic carbocycles. The molecule has 0 saturated heterocycles. The number of rotatable bonds is 6. The molecule has 0 amide bonds. The highest BCUT2D eigenvalue weighted by Crippen LogP contribution is 2.21. The minimum absolute atomic E-state index is 0.186. The fraction of sp³-hybridized carbons (Fsp3) is 0.111. The molecular formula is C18H16FN5O. The van der Waals surface area contributed by atoms with Crippen molar-refractivity contribution in [3.63, 3.8) is 0 Å². The zero-order chi connectivity index (χ0) is 17.6. The lowest BCUT2D eigenvalue weighted by Gasteiger charge is -2.04. The number of oxazole rings is 1. The Bertz CT molecular complexity index is 925. The van der Waals surface area contributed by atoms with Gasteiger partial charge in [0.25, 0.3) is 5.89 Å². The third-order valence-corrected chi connectivity index (χ3v) is 3.42. The van der Waals surface area contributed by atoms with E-state index < -0.39 is 0 Å². The van der Waals surface area contributed by atoms with Gasteiger partial charge in [-0.3, -0.25) is 4.99 Å². The zero-order valence-electron chi connectivity index (χ0n) is 13.6. The van der Waals surface area contributed by atoms with Crippen LogP contribution in [0.5, 0.6) is 0 Å². The standard InChI is InChI=1S/C18H16FN5O/c1-3-4-9-15(20-2)16-22-17(18-21-10-11-25-18)24(23-16)12-13-7-5-6-8-14(13)19/h3-11H,2,12H2,1H3. The molecule has 3 rings (SSSR count). The van der Waals surface area contributed by atoms with Crippen molar-refractivity contribution < 1.29 is 8.81 Å². The average Bonchev–Trinajstić information content (AvgIpc) is 3.27. The number of hydrogen-bond acceptors (Lipinski definition) is 5. The van der Waals surface area contributed by atoms with Crippen molar-refractivity contribution in [2.45, 2.75) is 13.5 Å². The van der Waals surface area contributed by atoms with Crippen molar-refractivity contribution in [1.29, 1.82) is 0 Å². The van der Waals surface area contributed by atoms with Gasteiger partial charge in [0.15, 0.2) is 5.82 Å². The van der Waals surface area contributed by atoms with Gasteiger partial charge >= 0.3 is 0 Å². The molecule has 0 saturated carbocycles. The van der Waals surface area contributed by atoms with Gasteiger partial charge in [-0.25, -0.2) is 19.0 Å². The van der Waals surface area contributed by atoms with E-state index in [9.17, 15) is 4.39 Å². The monoisotopic (exact) mass is 337 g/mol. The molecule has 2 aromatic heterocycles. The predicted molar refractivity (Wildman–Crippen MR) is 93.4 cm³/mol. The van der Waals surface area contributed by atoms with Gasteiger partial charge in [-0.05, 0) is 25.8 Å². The second-order valence-corrected chi connectivity index (χ2v) is 5.08. The Morgan fingerprint density at radius 3 is 2.92 bits per heavy atom. The van der Waals surface area contributed by atoms with Crippen LogP contribution in [0.1, 0.15) is 18.3 Å². The smallest absolute Gasteiger partial charge is 0.264 e. The summed E-state index contributed by atoms with van der Waals surface area (Å²) in [6.07, 6.45) is 8.37. The van der Waals surface area contributed by atoms with Gasteiger partial charge < -0.3 is 4.42 Å². The van der Waals surface area contributed by atoms with E-state index >= 15 is 0 Å². The van der Waals surface area contributed by atoms with Gasteiger partial charge in [0.05, 0.1) is 12.7 Å². The Balaban J connectivity index is 2.07. The molecule has 0 bridgehead atoms. The van der Waals surface area contributed by atoms with E-state index in [-0.39, 0.29) is 12.4 Å². The van der Waals surface area contributed by atoms with Crippen LogP contribution >= 0.6 is 0 Å². The normalized spacial score (nSPS) is 12.0. The van der Waals surface area contributed by atoms with Crippen LogP contribution < -0.4 is 0 Å². The topological polar surface area (TPSA) is 69.1 Å². The highest BCUT2D eigenvalue weighted by molar-refractivity contribution is 5.65. The van der Waals surface area contributed by atoms with E-state index in [1.807, 2.05) is 19.1 Å². The second kappa shape index (κ2) is 7.48. The van der Waals surface area contributed by atoms with Gasteiger partial charge in [0, 0.05) is 5.56 Å². The molecule has 25 heavy (non-hydrogen) atoms. The Morgan fingerprint density at radius 2 is 2.24 bits per heavy atom. The van der Waals surface area contributed by atoms with Gasteiger partial charge in [0.2, 0.25) is 5.82 Å². The summed E-state index contributed by atoms with van der Waals surface area (Å²) in [5.41, 5.74) is 0.982. The lowest BCUT2D eigenvalue weighted by Crippen LogP contribution is -2.06. The maximum Gasteiger partial charge on any atom is 0.264 e. The maximum absolute atomic E-state index is 14.0. The first kappa shape index (κ1) is 16.5. The van der Waals surface area contributed by atoms with Crippen LogP contribution in [0.4, 0.5) is 4.39 Å². The van der Waals surface area contributed by atoms with Crippen molar-refractivity contribution >= 4 is 12.4 Å². The van der Waals surface area contributed by atoms with Crippen LogP contribution in [-0.2, 0) is 6.54 Å². The lowest BCUT2D eigenvalue weighted by molar-refractivity contribution is 0.550. The Morgan fingerprint density at radius 1 is 1.40 bits per heavy atom. The maximum atomic E-state index is 14.0. The van der Waals surface area contributed by atoms with Gasteiger partial charge in [-0.1, -0.05) is 30.4 Å². The van der Waals surface area contributed by atoms with Gasteiger partial charge in [-0.15, -0.1) is 5.10 Å². The fourth-order valence-corrected chi connectivity index (χ4v) is 2.23. The molecular weight excluding hydrogens is 321 g/mol. The minimum atomic E-state index is -0.315. The third kappa shape index (κ3) is 3.60. The Hall–Kier alpha value is -3.35. The van der Waals surface area contributed by atoms with Crippen LogP contribution in [0.15, 0.2) is 64.4 Å². The number of aliphatic imine (C=N–C) groups is 1. The van der Waals surface area contributed by atoms with Crippen molar-refractivity contribution in [1.82, 2.24) is 19.7 Å². The number of benzene rings is 1. The van der Waals surface area contributed by atoms with Crippen LogP contribution in [-0.4, -0.2) is 26.5 Å². The van der Waals surface area contributed by atoms with E-state index in [1.165, 1.54) is 23.2 Å². The summed E-state index contributed by atoms with van der Waals surface area (Å²) in [7, 11) is 0. The third-order valence-electron chi connectivity index (χ3n) is 3.42. The first-order valence-electron chi connectivity index (χ1n) is 7.61. The molecule has 7 heteroatoms. The molecule has 0 unspecified atom stereocenters. The van der Waals surface area contributed by atoms with Crippen LogP contribution in [0, 0.1) is 5.82 Å². The highest BCUT2D eigenvalue weighted by atomic mass is 19.1. The molecule has 0 aliphatic heterocycles. The Labute approximate surface area is 144 Å². The number of halogens is 1. The molecule has 0 aliphatic rings. The molecule has 0 atom stereocenters. The number of allylic oxidation sites excluding steroid dienone is 3. The largest absolute Gasteiger partial charge is 0.442 e. The summed E-state index contributed by atoms with van der Waals surface area (Å²) < 4.78 is 20.9. The van der Waals surface area contributed by atoms with Crippen molar-refractivity contribution in [3.8, 4) is 11.7 Å². The van der Waals surface area contributed by atoms with Crippen molar-refractivity contribution in [2.24, 2.45) is 4.99 Å². The summed E-state index contributed by atoms with van der Waals surface area (Å²) in [6, 6.07) is 6.50. The molecule has 6 nitrogen and oxygen atoms in total. The summed E-state index contributed by atoms with van der Waals surface area (Å²) >= 11 is 0. The molecule has 126 valence electrons. The molecule has 0 fully saturated rings. The van der Waals surface area contributed by atoms with Crippen LogP contribution in [0.25, 0.3) is 17.4 Å². The number of aromatic nitrogens is 4. The molecule has 2 heterocycles. The zero-order valence-corrected chi connectivity index (χ0v) is 13.6. The average molecular weight is 337 g/mol. The second-order valence-electron chi connectivity index (χ2n) is 5.08. The summed E-state index contributed by atoms with van der Waals surface area (Å²) in [5, 5.41) is 4.43. The number of nitrogens with zero attached hydrogens (tertiary/aromatic N) is 5. The fourth-order valence-electron chi connectivity index (χ4n) is 2.23. The van der Waals surface area contributed by atoms with Crippen molar-refractivity contribution in [2.75, 3.05) is 0 Å². The molecule has 0 radical (unpaired) electrons. The minimum Gasteiger partial charge on any atom is -0.442 e. The molecule has 0 N–H and O–H groups in total. The van der Waals surface area contributed by atoms with E-state index in [1.54, 1.807) is 24.3 Å².